The molecule has 0 aliphatic carbocycles. The Labute approximate surface area is 375 Å². The fourth-order valence-electron chi connectivity index (χ4n) is 6.65. The molecule has 2 aromatic carbocycles. The second-order valence-corrected chi connectivity index (χ2v) is 20.7. The van der Waals surface area contributed by atoms with E-state index in [1.807, 2.05) is 0 Å². The Bertz CT molecular complexity index is 2080. The third-order valence-electron chi connectivity index (χ3n) is 10.9. The number of halogens is 19. The number of carbonyl (C=O) groups excluding carboxylic acids is 2. The standard InChI is InChI=1S/C39H43F19N2O7Si/c1-19(2)68(20(3)4,17-14-32(42,43)33(44,45)34(46,47)35(48,49)36(50,51)37(52,53)38(54,55)39(56,57)58)66-16-15-65-25-11-8-23(9-12-25)29(28(64-7)21(5)22(6)30(61)60-63)67-31(62)59-27-13-10-24(40)18-26(27)41/h8-13,18-20,28-29,63H,14-17H2,1-7H3,(H,59,62)(H,60,61)/b22-21+/t28-,29-/m1/s1. The summed E-state index contributed by atoms with van der Waals surface area (Å²) in [5.74, 6) is -60.3. The normalized spacial score (nSPS) is 15.2. The smallest absolute Gasteiger partial charge is 0.460 e. The molecule has 9 nitrogen and oxygen atoms in total. The van der Waals surface area contributed by atoms with Gasteiger partial charge in [-0.05, 0) is 66.4 Å². The third kappa shape index (κ3) is 11.4. The van der Waals surface area contributed by atoms with Crippen molar-refractivity contribution < 1.29 is 117 Å². The van der Waals surface area contributed by atoms with E-state index in [0.717, 1.165) is 19.2 Å². The van der Waals surface area contributed by atoms with E-state index >= 15 is 8.78 Å². The Morgan fingerprint density at radius 2 is 1.18 bits per heavy atom. The molecule has 2 atom stereocenters. The van der Waals surface area contributed by atoms with Gasteiger partial charge in [0, 0.05) is 25.2 Å². The first-order chi connectivity index (χ1) is 30.7. The minimum Gasteiger partial charge on any atom is -0.491 e. The number of alkyl halides is 17. The lowest BCUT2D eigenvalue weighted by atomic mass is 9.88. The first kappa shape index (κ1) is 59.6. The number of methoxy groups -OCH3 is 1. The van der Waals surface area contributed by atoms with Crippen LogP contribution in [0.2, 0.25) is 17.1 Å². The van der Waals surface area contributed by atoms with Crippen LogP contribution in [0.1, 0.15) is 59.6 Å². The average molecular weight is 1040 g/mol. The third-order valence-corrected chi connectivity index (χ3v) is 16.6. The fourth-order valence-corrected chi connectivity index (χ4v) is 11.1. The number of hydrogen-bond acceptors (Lipinski definition) is 7. The predicted molar refractivity (Wildman–Crippen MR) is 202 cm³/mol. The zero-order valence-electron chi connectivity index (χ0n) is 36.3. The lowest BCUT2D eigenvalue weighted by molar-refractivity contribution is -0.461. The number of hydrogen-bond donors (Lipinski definition) is 3. The monoisotopic (exact) mass is 1040 g/mol. The maximum Gasteiger partial charge on any atom is 0.460 e. The van der Waals surface area contributed by atoms with Crippen molar-refractivity contribution in [1.29, 1.82) is 0 Å². The summed E-state index contributed by atoms with van der Waals surface area (Å²) in [7, 11) is -2.95. The van der Waals surface area contributed by atoms with Gasteiger partial charge in [0.05, 0.1) is 12.3 Å². The number of ether oxygens (including phenoxy) is 3. The molecule has 0 aliphatic rings. The van der Waals surface area contributed by atoms with Crippen LogP contribution in [0, 0.1) is 11.6 Å². The molecule has 0 radical (unpaired) electrons. The van der Waals surface area contributed by atoms with Crippen LogP contribution in [-0.2, 0) is 18.7 Å². The summed E-state index contributed by atoms with van der Waals surface area (Å²) in [6.07, 6.45) is -14.6. The van der Waals surface area contributed by atoms with Crippen LogP contribution in [0.25, 0.3) is 0 Å². The molecule has 2 rings (SSSR count). The number of amides is 2. The largest absolute Gasteiger partial charge is 0.491 e. The van der Waals surface area contributed by atoms with Gasteiger partial charge in [0.1, 0.15) is 30.1 Å². The summed E-state index contributed by atoms with van der Waals surface area (Å²) < 4.78 is 286. The van der Waals surface area contributed by atoms with Crippen molar-refractivity contribution in [3.8, 4) is 5.75 Å². The fraction of sp³-hybridized carbons (Fsp3) is 0.590. The van der Waals surface area contributed by atoms with Gasteiger partial charge in [-0.25, -0.2) is 19.1 Å². The summed E-state index contributed by atoms with van der Waals surface area (Å²) in [5, 5.41) is 11.2. The van der Waals surface area contributed by atoms with Crippen LogP contribution in [0.5, 0.6) is 5.75 Å². The summed E-state index contributed by atoms with van der Waals surface area (Å²) >= 11 is 0. The Morgan fingerprint density at radius 1 is 0.691 bits per heavy atom. The SMILES string of the molecule is CO[C@H](/C(C)=C(\C)C(=O)NO)[C@H](OC(=O)Nc1ccc(F)cc1F)c1ccc(OCCO[Si](CCC(F)(F)C(F)(F)C(F)(F)C(F)(F)C(F)(F)C(F)(F)C(F)(F)C(F)(F)F)(C(C)C)C(C)C)cc1. The van der Waals surface area contributed by atoms with E-state index in [-0.39, 0.29) is 22.5 Å². The molecular weight excluding hydrogens is 997 g/mol. The highest BCUT2D eigenvalue weighted by molar-refractivity contribution is 6.76. The highest BCUT2D eigenvalue weighted by Gasteiger charge is 2.95. The molecule has 0 aliphatic heterocycles. The van der Waals surface area contributed by atoms with E-state index in [1.54, 1.807) is 0 Å². The second kappa shape index (κ2) is 21.2. The predicted octanol–water partition coefficient (Wildman–Crippen LogP) is 12.7. The molecule has 68 heavy (non-hydrogen) atoms. The van der Waals surface area contributed by atoms with E-state index in [1.165, 1.54) is 71.3 Å². The van der Waals surface area contributed by atoms with Crippen molar-refractivity contribution in [3.63, 3.8) is 0 Å². The molecular formula is C39H43F19N2O7Si. The number of anilines is 1. The van der Waals surface area contributed by atoms with Gasteiger partial charge in [0.25, 0.3) is 5.91 Å². The molecule has 0 spiro atoms. The van der Waals surface area contributed by atoms with Crippen molar-refractivity contribution in [1.82, 2.24) is 5.48 Å². The van der Waals surface area contributed by atoms with Gasteiger partial charge >= 0.3 is 53.7 Å². The highest BCUT2D eigenvalue weighted by atomic mass is 28.4. The molecule has 0 aromatic heterocycles. The summed E-state index contributed by atoms with van der Waals surface area (Å²) in [6, 6.07) is 5.79. The van der Waals surface area contributed by atoms with E-state index in [4.69, 9.17) is 23.8 Å². The lowest BCUT2D eigenvalue weighted by Gasteiger charge is -2.44. The zero-order valence-corrected chi connectivity index (χ0v) is 37.3. The van der Waals surface area contributed by atoms with Crippen LogP contribution in [0.3, 0.4) is 0 Å². The second-order valence-electron chi connectivity index (χ2n) is 15.7. The van der Waals surface area contributed by atoms with Crippen molar-refractivity contribution in [2.45, 2.75) is 125 Å². The minimum absolute atomic E-state index is 0.0305. The van der Waals surface area contributed by atoms with E-state index < -0.39 is 134 Å². The Kier molecular flexibility index (Phi) is 18.6. The van der Waals surface area contributed by atoms with E-state index in [0.29, 0.717) is 6.07 Å². The van der Waals surface area contributed by atoms with Crippen LogP contribution < -0.4 is 15.5 Å². The van der Waals surface area contributed by atoms with Crippen molar-refractivity contribution in [2.24, 2.45) is 0 Å². The molecule has 0 fully saturated rings. The van der Waals surface area contributed by atoms with Crippen LogP contribution in [-0.4, -0.2) is 99.6 Å². The van der Waals surface area contributed by atoms with E-state index in [2.05, 4.69) is 5.32 Å². The maximum absolute atomic E-state index is 15.0. The topological polar surface area (TPSA) is 115 Å². The molecule has 0 unspecified atom stereocenters. The number of hydroxylamine groups is 1. The van der Waals surface area contributed by atoms with Gasteiger partial charge < -0.3 is 18.6 Å². The van der Waals surface area contributed by atoms with Gasteiger partial charge in [-0.1, -0.05) is 39.8 Å². The van der Waals surface area contributed by atoms with Crippen LogP contribution in [0.15, 0.2) is 53.6 Å². The van der Waals surface area contributed by atoms with Crippen molar-refractivity contribution in [3.05, 3.63) is 70.8 Å². The minimum atomic E-state index is -8.73. The zero-order chi connectivity index (χ0) is 53.0. The Morgan fingerprint density at radius 3 is 1.62 bits per heavy atom. The number of benzene rings is 2. The van der Waals surface area contributed by atoms with Gasteiger partial charge in [-0.2, -0.15) is 74.6 Å². The summed E-state index contributed by atoms with van der Waals surface area (Å²) in [5.41, 5.74) is -0.918. The van der Waals surface area contributed by atoms with Gasteiger partial charge in [-0.3, -0.25) is 15.3 Å². The Balaban J connectivity index is 2.38. The molecule has 2 aromatic rings. The quantitative estimate of drug-likeness (QED) is 0.0254. The molecule has 388 valence electrons. The van der Waals surface area contributed by atoms with Crippen molar-refractivity contribution in [2.75, 3.05) is 25.6 Å². The summed E-state index contributed by atoms with van der Waals surface area (Å²) in [6.45, 7) is 6.56. The lowest BCUT2D eigenvalue weighted by Crippen LogP contribution is -2.74. The van der Waals surface area contributed by atoms with Gasteiger partial charge in [0.15, 0.2) is 14.4 Å². The number of carbonyl (C=O) groups is 2. The molecule has 0 saturated heterocycles. The van der Waals surface area contributed by atoms with Gasteiger partial charge in [0.2, 0.25) is 0 Å². The van der Waals surface area contributed by atoms with Crippen molar-refractivity contribution >= 4 is 26.0 Å². The number of nitrogens with one attached hydrogen (secondary N) is 2. The molecule has 29 heteroatoms. The molecule has 2 amide bonds. The summed E-state index contributed by atoms with van der Waals surface area (Å²) in [4.78, 5) is 25.1. The highest BCUT2D eigenvalue weighted by Crippen LogP contribution is 2.64. The molecule has 0 bridgehead atoms. The molecule has 0 heterocycles. The first-order valence-electron chi connectivity index (χ1n) is 19.4. The van der Waals surface area contributed by atoms with Crippen LogP contribution in [0.4, 0.5) is 93.9 Å². The maximum atomic E-state index is 15.0. The average Bonchev–Trinajstić information content (AvgIpc) is 3.22. The number of rotatable bonds is 23. The Hall–Kier alpha value is -4.51. The van der Waals surface area contributed by atoms with Gasteiger partial charge in [-0.15, -0.1) is 0 Å². The molecule has 3 N–H and O–H groups in total. The van der Waals surface area contributed by atoms with E-state index in [9.17, 15) is 84.2 Å². The van der Waals surface area contributed by atoms with Crippen LogP contribution >= 0.6 is 0 Å². The molecule has 0 saturated carbocycles. The first-order valence-corrected chi connectivity index (χ1v) is 21.6.